The third-order valence-electron chi connectivity index (χ3n) is 2.65. The molecule has 0 saturated carbocycles. The summed E-state index contributed by atoms with van der Waals surface area (Å²) in [5.41, 5.74) is 0.296. The van der Waals surface area contributed by atoms with E-state index in [9.17, 15) is 21.6 Å². The second-order valence-corrected chi connectivity index (χ2v) is 5.94. The van der Waals surface area contributed by atoms with E-state index in [2.05, 4.69) is 0 Å². The molecular formula is C13H9F3O2S. The van der Waals surface area contributed by atoms with Gasteiger partial charge in [-0.25, -0.2) is 21.6 Å². The predicted octanol–water partition coefficient (Wildman–Crippen LogP) is 3.25. The zero-order valence-corrected chi connectivity index (χ0v) is 10.6. The molecule has 0 N–H and O–H groups in total. The summed E-state index contributed by atoms with van der Waals surface area (Å²) in [6.45, 7) is 1.49. The highest BCUT2D eigenvalue weighted by Crippen LogP contribution is 2.23. The molecule has 0 aliphatic carbocycles. The fourth-order valence-corrected chi connectivity index (χ4v) is 2.80. The van der Waals surface area contributed by atoms with Gasteiger partial charge in [-0.1, -0.05) is 6.07 Å². The van der Waals surface area contributed by atoms with E-state index in [0.717, 1.165) is 12.1 Å². The Morgan fingerprint density at radius 1 is 0.789 bits per heavy atom. The molecule has 6 heteroatoms. The lowest BCUT2D eigenvalue weighted by Crippen LogP contribution is -2.04. The molecule has 0 radical (unpaired) electrons. The van der Waals surface area contributed by atoms with Crippen LogP contribution in [0.25, 0.3) is 0 Å². The summed E-state index contributed by atoms with van der Waals surface area (Å²) in [6.07, 6.45) is 0. The van der Waals surface area contributed by atoms with E-state index in [1.165, 1.54) is 19.1 Å². The Morgan fingerprint density at radius 2 is 1.32 bits per heavy atom. The van der Waals surface area contributed by atoms with Crippen molar-refractivity contribution < 1.29 is 21.6 Å². The minimum absolute atomic E-state index is 0.296. The zero-order chi connectivity index (χ0) is 14.2. The molecule has 0 aromatic heterocycles. The molecule has 0 aliphatic rings. The lowest BCUT2D eigenvalue weighted by atomic mass is 10.2. The van der Waals surface area contributed by atoms with Crippen LogP contribution in [0, 0.1) is 24.4 Å². The fraction of sp³-hybridized carbons (Fsp3) is 0.0769. The first-order valence-electron chi connectivity index (χ1n) is 5.28. The molecule has 2 rings (SSSR count). The minimum atomic E-state index is -4.06. The van der Waals surface area contributed by atoms with Gasteiger partial charge in [-0.05, 0) is 42.8 Å². The zero-order valence-electron chi connectivity index (χ0n) is 9.82. The molecule has 0 aliphatic heterocycles. The van der Waals surface area contributed by atoms with E-state index in [-0.39, 0.29) is 4.90 Å². The third-order valence-corrected chi connectivity index (χ3v) is 4.40. The van der Waals surface area contributed by atoms with Crippen LogP contribution in [0.4, 0.5) is 13.2 Å². The summed E-state index contributed by atoms with van der Waals surface area (Å²) in [7, 11) is -4.06. The first-order chi connectivity index (χ1) is 8.82. The maximum atomic E-state index is 13.4. The maximum absolute atomic E-state index is 13.4. The molecule has 19 heavy (non-hydrogen) atoms. The standard InChI is InChI=1S/C13H9F3O2S/c1-8-2-3-9(6-12(8)15)19(17,18)10-4-5-11(14)13(16)7-10/h2-7H,1H3. The summed E-state index contributed by atoms with van der Waals surface area (Å²) in [6, 6.07) is 5.60. The van der Waals surface area contributed by atoms with Gasteiger partial charge in [0.1, 0.15) is 5.82 Å². The highest BCUT2D eigenvalue weighted by molar-refractivity contribution is 7.91. The van der Waals surface area contributed by atoms with Crippen molar-refractivity contribution >= 4 is 9.84 Å². The maximum Gasteiger partial charge on any atom is 0.206 e. The van der Waals surface area contributed by atoms with E-state index in [1.54, 1.807) is 0 Å². The number of halogens is 3. The van der Waals surface area contributed by atoms with Crippen molar-refractivity contribution in [2.45, 2.75) is 16.7 Å². The van der Waals surface area contributed by atoms with Crippen molar-refractivity contribution in [2.24, 2.45) is 0 Å². The molecular weight excluding hydrogens is 277 g/mol. The van der Waals surface area contributed by atoms with Gasteiger partial charge in [-0.3, -0.25) is 0 Å². The van der Waals surface area contributed by atoms with Gasteiger partial charge < -0.3 is 0 Å². The molecule has 0 heterocycles. The SMILES string of the molecule is Cc1ccc(S(=O)(=O)c2ccc(F)c(F)c2)cc1F. The molecule has 2 aromatic rings. The Kier molecular flexibility index (Phi) is 3.36. The first-order valence-corrected chi connectivity index (χ1v) is 6.77. The van der Waals surface area contributed by atoms with E-state index >= 15 is 0 Å². The van der Waals surface area contributed by atoms with Crippen LogP contribution in [-0.2, 0) is 9.84 Å². The van der Waals surface area contributed by atoms with E-state index in [4.69, 9.17) is 0 Å². The Balaban J connectivity index is 2.58. The molecule has 0 saturated heterocycles. The first kappa shape index (κ1) is 13.6. The Hall–Kier alpha value is -1.82. The van der Waals surface area contributed by atoms with Gasteiger partial charge in [0.05, 0.1) is 9.79 Å². The topological polar surface area (TPSA) is 34.1 Å². The average Bonchev–Trinajstić information content (AvgIpc) is 2.35. The van der Waals surface area contributed by atoms with Crippen LogP contribution in [0.15, 0.2) is 46.2 Å². The number of sulfone groups is 1. The van der Waals surface area contributed by atoms with Gasteiger partial charge in [0.2, 0.25) is 9.84 Å². The second kappa shape index (κ2) is 4.70. The van der Waals surface area contributed by atoms with Crippen molar-refractivity contribution in [2.75, 3.05) is 0 Å². The number of hydrogen-bond donors (Lipinski definition) is 0. The minimum Gasteiger partial charge on any atom is -0.219 e. The van der Waals surface area contributed by atoms with Crippen LogP contribution >= 0.6 is 0 Å². The largest absolute Gasteiger partial charge is 0.219 e. The number of rotatable bonds is 2. The van der Waals surface area contributed by atoms with Crippen molar-refractivity contribution in [1.82, 2.24) is 0 Å². The van der Waals surface area contributed by atoms with Gasteiger partial charge in [-0.2, -0.15) is 0 Å². The molecule has 100 valence electrons. The molecule has 2 nitrogen and oxygen atoms in total. The highest BCUT2D eigenvalue weighted by Gasteiger charge is 2.20. The van der Waals surface area contributed by atoms with E-state index < -0.39 is 32.2 Å². The van der Waals surface area contributed by atoms with Gasteiger partial charge >= 0.3 is 0 Å². The molecule has 0 amide bonds. The Morgan fingerprint density at radius 3 is 1.84 bits per heavy atom. The summed E-state index contributed by atoms with van der Waals surface area (Å²) < 4.78 is 63.4. The number of aryl methyl sites for hydroxylation is 1. The van der Waals surface area contributed by atoms with Crippen LogP contribution in [0.3, 0.4) is 0 Å². The highest BCUT2D eigenvalue weighted by atomic mass is 32.2. The van der Waals surface area contributed by atoms with Gasteiger partial charge in [-0.15, -0.1) is 0 Å². The lowest BCUT2D eigenvalue weighted by Gasteiger charge is -2.06. The summed E-state index contributed by atoms with van der Waals surface area (Å²) in [4.78, 5) is -0.726. The quantitative estimate of drug-likeness (QED) is 0.794. The summed E-state index contributed by atoms with van der Waals surface area (Å²) in [5.74, 6) is -3.09. The van der Waals surface area contributed by atoms with Crippen LogP contribution in [0.5, 0.6) is 0 Å². The van der Waals surface area contributed by atoms with Gasteiger partial charge in [0, 0.05) is 0 Å². The van der Waals surface area contributed by atoms with Gasteiger partial charge in [0.25, 0.3) is 0 Å². The molecule has 0 fully saturated rings. The number of benzene rings is 2. The van der Waals surface area contributed by atoms with Crippen LogP contribution in [0.1, 0.15) is 5.56 Å². The smallest absolute Gasteiger partial charge is 0.206 e. The monoisotopic (exact) mass is 286 g/mol. The van der Waals surface area contributed by atoms with E-state index in [0.29, 0.717) is 17.7 Å². The molecule has 0 spiro atoms. The second-order valence-electron chi connectivity index (χ2n) is 3.99. The average molecular weight is 286 g/mol. The number of hydrogen-bond acceptors (Lipinski definition) is 2. The van der Waals surface area contributed by atoms with Gasteiger partial charge in [0.15, 0.2) is 11.6 Å². The molecule has 0 bridgehead atoms. The fourth-order valence-electron chi connectivity index (χ4n) is 1.52. The van der Waals surface area contributed by atoms with Crippen molar-refractivity contribution in [3.63, 3.8) is 0 Å². The van der Waals surface area contributed by atoms with Crippen LogP contribution in [0.2, 0.25) is 0 Å². The Labute approximate surface area is 108 Å². The Bertz CT molecular complexity index is 682. The predicted molar refractivity (Wildman–Crippen MR) is 62.9 cm³/mol. The molecule has 0 unspecified atom stereocenters. The van der Waals surface area contributed by atoms with Crippen molar-refractivity contribution in [3.8, 4) is 0 Å². The van der Waals surface area contributed by atoms with Crippen LogP contribution < -0.4 is 0 Å². The lowest BCUT2D eigenvalue weighted by molar-refractivity contribution is 0.504. The normalized spacial score (nSPS) is 11.6. The third kappa shape index (κ3) is 2.49. The van der Waals surface area contributed by atoms with E-state index in [1.807, 2.05) is 0 Å². The van der Waals surface area contributed by atoms with Crippen molar-refractivity contribution in [3.05, 3.63) is 59.4 Å². The summed E-state index contributed by atoms with van der Waals surface area (Å²) >= 11 is 0. The molecule has 2 aromatic carbocycles. The van der Waals surface area contributed by atoms with Crippen LogP contribution in [-0.4, -0.2) is 8.42 Å². The summed E-state index contributed by atoms with van der Waals surface area (Å²) in [5, 5.41) is 0. The molecule has 0 atom stereocenters. The van der Waals surface area contributed by atoms with Crippen molar-refractivity contribution in [1.29, 1.82) is 0 Å².